The molecule has 1 atom stereocenters. The second kappa shape index (κ2) is 3.54. The zero-order chi connectivity index (χ0) is 10.2. The fraction of sp³-hybridized carbons (Fsp3) is 0.909. The maximum Gasteiger partial charge on any atom is 0.310 e. The van der Waals surface area contributed by atoms with Gasteiger partial charge in [-0.15, -0.1) is 0 Å². The number of aliphatic carboxylic acids is 1. The number of carboxylic acid groups (broad SMARTS) is 1. The third kappa shape index (κ3) is 1.92. The van der Waals surface area contributed by atoms with Crippen molar-refractivity contribution in [2.24, 2.45) is 11.3 Å². The van der Waals surface area contributed by atoms with Gasteiger partial charge in [-0.1, -0.05) is 12.8 Å². The highest BCUT2D eigenvalue weighted by Gasteiger charge is 2.45. The van der Waals surface area contributed by atoms with E-state index in [0.717, 1.165) is 32.4 Å². The number of nitrogens with zero attached hydrogens (tertiary/aromatic N) is 1. The summed E-state index contributed by atoms with van der Waals surface area (Å²) in [5.41, 5.74) is -0.422. The third-order valence-corrected chi connectivity index (χ3v) is 3.60. The highest BCUT2D eigenvalue weighted by molar-refractivity contribution is 5.75. The van der Waals surface area contributed by atoms with E-state index in [4.69, 9.17) is 0 Å². The van der Waals surface area contributed by atoms with Gasteiger partial charge in [0.1, 0.15) is 0 Å². The maximum atomic E-state index is 11.4. The summed E-state index contributed by atoms with van der Waals surface area (Å²) in [6, 6.07) is 0. The molecule has 0 spiro atoms. The number of carboxylic acids is 1. The topological polar surface area (TPSA) is 40.5 Å². The van der Waals surface area contributed by atoms with Gasteiger partial charge in [-0.05, 0) is 38.8 Å². The fourth-order valence-corrected chi connectivity index (χ4v) is 2.67. The van der Waals surface area contributed by atoms with Crippen LogP contribution in [0.25, 0.3) is 0 Å². The van der Waals surface area contributed by atoms with Gasteiger partial charge in [0.15, 0.2) is 0 Å². The molecule has 0 aromatic rings. The molecule has 0 aromatic heterocycles. The van der Waals surface area contributed by atoms with Crippen LogP contribution in [0, 0.1) is 11.3 Å². The normalized spacial score (nSPS) is 34.4. The van der Waals surface area contributed by atoms with Gasteiger partial charge in [0.2, 0.25) is 0 Å². The summed E-state index contributed by atoms with van der Waals surface area (Å²) >= 11 is 0. The average molecular weight is 197 g/mol. The van der Waals surface area contributed by atoms with Crippen molar-refractivity contribution >= 4 is 5.97 Å². The number of likely N-dealkylation sites (tertiary alicyclic amines) is 1. The molecule has 2 aliphatic rings. The predicted molar refractivity (Wildman–Crippen MR) is 54.1 cm³/mol. The molecular weight excluding hydrogens is 178 g/mol. The van der Waals surface area contributed by atoms with Crippen LogP contribution in [0.1, 0.15) is 32.1 Å². The van der Waals surface area contributed by atoms with Crippen molar-refractivity contribution in [1.29, 1.82) is 0 Å². The van der Waals surface area contributed by atoms with Crippen molar-refractivity contribution in [3.63, 3.8) is 0 Å². The molecule has 0 radical (unpaired) electrons. The summed E-state index contributed by atoms with van der Waals surface area (Å²) < 4.78 is 0. The molecule has 2 rings (SSSR count). The lowest BCUT2D eigenvalue weighted by Crippen LogP contribution is -2.46. The van der Waals surface area contributed by atoms with E-state index in [1.54, 1.807) is 0 Å². The standard InChI is InChI=1S/C11H19NO2/c1-12-6-2-5-11(8-12,10(13)14)7-9-3-4-9/h9H,2-8H2,1H3,(H,13,14). The van der Waals surface area contributed by atoms with Crippen molar-refractivity contribution in [1.82, 2.24) is 4.90 Å². The van der Waals surface area contributed by atoms with Crippen LogP contribution in [0.2, 0.25) is 0 Å². The summed E-state index contributed by atoms with van der Waals surface area (Å²) in [5, 5.41) is 9.36. The highest BCUT2D eigenvalue weighted by atomic mass is 16.4. The van der Waals surface area contributed by atoms with E-state index < -0.39 is 11.4 Å². The lowest BCUT2D eigenvalue weighted by atomic mass is 9.76. The summed E-state index contributed by atoms with van der Waals surface area (Å²) in [5.74, 6) is 0.133. The van der Waals surface area contributed by atoms with E-state index in [0.29, 0.717) is 5.92 Å². The summed E-state index contributed by atoms with van der Waals surface area (Å²) in [6.07, 6.45) is 5.32. The van der Waals surface area contributed by atoms with Gasteiger partial charge >= 0.3 is 5.97 Å². The Morgan fingerprint density at radius 2 is 2.29 bits per heavy atom. The van der Waals surface area contributed by atoms with Crippen LogP contribution in [-0.2, 0) is 4.79 Å². The van der Waals surface area contributed by atoms with E-state index in [1.807, 2.05) is 7.05 Å². The molecule has 0 bridgehead atoms. The first-order valence-electron chi connectivity index (χ1n) is 5.54. The maximum absolute atomic E-state index is 11.4. The molecule has 0 amide bonds. The first-order valence-corrected chi connectivity index (χ1v) is 5.54. The number of carbonyl (C=O) groups is 1. The van der Waals surface area contributed by atoms with E-state index in [9.17, 15) is 9.90 Å². The van der Waals surface area contributed by atoms with Gasteiger partial charge in [-0.3, -0.25) is 4.79 Å². The molecule has 1 unspecified atom stereocenters. The third-order valence-electron chi connectivity index (χ3n) is 3.60. The Bertz CT molecular complexity index is 233. The van der Waals surface area contributed by atoms with Gasteiger partial charge < -0.3 is 10.0 Å². The molecule has 1 heterocycles. The smallest absolute Gasteiger partial charge is 0.310 e. The molecule has 80 valence electrons. The van der Waals surface area contributed by atoms with Crippen LogP contribution in [0.15, 0.2) is 0 Å². The minimum atomic E-state index is -0.573. The van der Waals surface area contributed by atoms with Gasteiger partial charge in [-0.25, -0.2) is 0 Å². The van der Waals surface area contributed by atoms with Crippen molar-refractivity contribution in [2.75, 3.05) is 20.1 Å². The Morgan fingerprint density at radius 3 is 2.79 bits per heavy atom. The molecule has 0 aromatic carbocycles. The Kier molecular flexibility index (Phi) is 2.52. The van der Waals surface area contributed by atoms with Crippen LogP contribution in [-0.4, -0.2) is 36.1 Å². The van der Waals surface area contributed by atoms with Crippen LogP contribution in [0.3, 0.4) is 0 Å². The molecule has 1 saturated carbocycles. The zero-order valence-electron chi connectivity index (χ0n) is 8.83. The average Bonchev–Trinajstić information content (AvgIpc) is 2.88. The molecule has 1 N–H and O–H groups in total. The largest absolute Gasteiger partial charge is 0.481 e. The molecule has 1 saturated heterocycles. The van der Waals surface area contributed by atoms with Gasteiger partial charge in [0.25, 0.3) is 0 Å². The van der Waals surface area contributed by atoms with Crippen LogP contribution in [0.5, 0.6) is 0 Å². The Morgan fingerprint density at radius 1 is 1.57 bits per heavy atom. The highest BCUT2D eigenvalue weighted by Crippen LogP contribution is 2.44. The van der Waals surface area contributed by atoms with Crippen LogP contribution >= 0.6 is 0 Å². The molecule has 3 heteroatoms. The number of rotatable bonds is 3. The van der Waals surface area contributed by atoms with Crippen molar-refractivity contribution in [3.05, 3.63) is 0 Å². The molecule has 2 fully saturated rings. The van der Waals surface area contributed by atoms with Crippen molar-refractivity contribution in [2.45, 2.75) is 32.1 Å². The first kappa shape index (κ1) is 9.97. The Labute approximate surface area is 85.1 Å². The first-order chi connectivity index (χ1) is 6.62. The van der Waals surface area contributed by atoms with E-state index in [1.165, 1.54) is 12.8 Å². The van der Waals surface area contributed by atoms with E-state index in [-0.39, 0.29) is 0 Å². The molecule has 3 nitrogen and oxygen atoms in total. The zero-order valence-corrected chi connectivity index (χ0v) is 8.83. The van der Waals surface area contributed by atoms with Crippen LogP contribution in [0.4, 0.5) is 0 Å². The Hall–Kier alpha value is -0.570. The van der Waals surface area contributed by atoms with Gasteiger partial charge in [-0.2, -0.15) is 0 Å². The lowest BCUT2D eigenvalue weighted by molar-refractivity contribution is -0.153. The minimum Gasteiger partial charge on any atom is -0.481 e. The van der Waals surface area contributed by atoms with Crippen LogP contribution < -0.4 is 0 Å². The number of hydrogen-bond donors (Lipinski definition) is 1. The SMILES string of the molecule is CN1CCCC(CC2CC2)(C(=O)O)C1. The van der Waals surface area contributed by atoms with Gasteiger partial charge in [0, 0.05) is 6.54 Å². The second-order valence-electron chi connectivity index (χ2n) is 5.07. The lowest BCUT2D eigenvalue weighted by Gasteiger charge is -2.38. The van der Waals surface area contributed by atoms with Gasteiger partial charge in [0.05, 0.1) is 5.41 Å². The van der Waals surface area contributed by atoms with E-state index in [2.05, 4.69) is 4.90 Å². The number of hydrogen-bond acceptors (Lipinski definition) is 2. The summed E-state index contributed by atoms with van der Waals surface area (Å²) in [4.78, 5) is 13.5. The predicted octanol–water partition coefficient (Wildman–Crippen LogP) is 1.58. The Balaban J connectivity index is 2.06. The monoisotopic (exact) mass is 197 g/mol. The molecule has 1 aliphatic carbocycles. The van der Waals surface area contributed by atoms with Crippen molar-refractivity contribution < 1.29 is 9.90 Å². The molecule has 1 aliphatic heterocycles. The van der Waals surface area contributed by atoms with Crippen molar-refractivity contribution in [3.8, 4) is 0 Å². The summed E-state index contributed by atoms with van der Waals surface area (Å²) in [6.45, 7) is 1.80. The minimum absolute atomic E-state index is 0.422. The number of piperidine rings is 1. The molecule has 14 heavy (non-hydrogen) atoms. The quantitative estimate of drug-likeness (QED) is 0.746. The van der Waals surface area contributed by atoms with E-state index >= 15 is 0 Å². The summed E-state index contributed by atoms with van der Waals surface area (Å²) in [7, 11) is 2.03. The molecular formula is C11H19NO2. The second-order valence-corrected chi connectivity index (χ2v) is 5.07. The fourth-order valence-electron chi connectivity index (χ4n) is 2.67.